The molecular formula is C19H28N4O3. The van der Waals surface area contributed by atoms with Gasteiger partial charge in [-0.15, -0.1) is 0 Å². The maximum Gasteiger partial charge on any atom is 0.239 e. The van der Waals surface area contributed by atoms with Crippen molar-refractivity contribution >= 4 is 17.5 Å². The number of rotatable bonds is 4. The van der Waals surface area contributed by atoms with Crippen molar-refractivity contribution in [2.45, 2.75) is 32.4 Å². The third kappa shape index (κ3) is 4.41. The van der Waals surface area contributed by atoms with Gasteiger partial charge in [-0.05, 0) is 37.5 Å². The number of carbonyl (C=O) groups is 2. The zero-order valence-electron chi connectivity index (χ0n) is 15.5. The fourth-order valence-electron chi connectivity index (χ4n) is 3.53. The van der Waals surface area contributed by atoms with E-state index in [9.17, 15) is 14.7 Å². The summed E-state index contributed by atoms with van der Waals surface area (Å²) >= 11 is 0. The number of hydrogen-bond donors (Lipinski definition) is 3. The fourth-order valence-corrected chi connectivity index (χ4v) is 3.53. The van der Waals surface area contributed by atoms with Crippen LogP contribution in [0.3, 0.4) is 0 Å². The molecule has 1 aromatic rings. The molecule has 0 bridgehead atoms. The van der Waals surface area contributed by atoms with Crippen LogP contribution in [0.25, 0.3) is 0 Å². The van der Waals surface area contributed by atoms with Gasteiger partial charge >= 0.3 is 0 Å². The fraction of sp³-hybridized carbons (Fsp3) is 0.579. The summed E-state index contributed by atoms with van der Waals surface area (Å²) in [6.45, 7) is 7.43. The summed E-state index contributed by atoms with van der Waals surface area (Å²) in [7, 11) is 0. The molecule has 7 nitrogen and oxygen atoms in total. The Morgan fingerprint density at radius 2 is 1.96 bits per heavy atom. The van der Waals surface area contributed by atoms with E-state index in [1.165, 1.54) is 0 Å². The zero-order valence-corrected chi connectivity index (χ0v) is 15.5. The van der Waals surface area contributed by atoms with Gasteiger partial charge in [0, 0.05) is 38.4 Å². The van der Waals surface area contributed by atoms with Gasteiger partial charge in [0.15, 0.2) is 0 Å². The molecule has 142 valence electrons. The SMILES string of the molecule is Cc1cccc(NC(=O)CN2CCN(C(=O)C3CC(O)CN3)CC2)c1C. The third-order valence-electron chi connectivity index (χ3n) is 5.34. The molecule has 2 amide bonds. The number of aryl methyl sites for hydroxylation is 1. The van der Waals surface area contributed by atoms with Crippen LogP contribution in [0, 0.1) is 13.8 Å². The van der Waals surface area contributed by atoms with Crippen LogP contribution < -0.4 is 10.6 Å². The number of anilines is 1. The maximum absolute atomic E-state index is 12.4. The van der Waals surface area contributed by atoms with E-state index in [0.717, 1.165) is 16.8 Å². The Bertz CT molecular complexity index is 671. The maximum atomic E-state index is 12.4. The van der Waals surface area contributed by atoms with Crippen molar-refractivity contribution in [2.75, 3.05) is 44.6 Å². The molecule has 2 aliphatic rings. The summed E-state index contributed by atoms with van der Waals surface area (Å²) < 4.78 is 0. The van der Waals surface area contributed by atoms with Gasteiger partial charge in [-0.1, -0.05) is 12.1 Å². The molecule has 2 unspecified atom stereocenters. The van der Waals surface area contributed by atoms with Crippen LogP contribution in [-0.4, -0.2) is 78.1 Å². The van der Waals surface area contributed by atoms with E-state index in [0.29, 0.717) is 45.7 Å². The topological polar surface area (TPSA) is 84.9 Å². The van der Waals surface area contributed by atoms with E-state index in [1.54, 1.807) is 0 Å². The summed E-state index contributed by atoms with van der Waals surface area (Å²) in [6.07, 6.45) is 0.0520. The third-order valence-corrected chi connectivity index (χ3v) is 5.34. The van der Waals surface area contributed by atoms with Crippen LogP contribution in [0.5, 0.6) is 0 Å². The molecule has 0 aliphatic carbocycles. The summed E-state index contributed by atoms with van der Waals surface area (Å²) in [4.78, 5) is 28.7. The Morgan fingerprint density at radius 1 is 1.23 bits per heavy atom. The first-order valence-corrected chi connectivity index (χ1v) is 9.22. The average molecular weight is 360 g/mol. The average Bonchev–Trinajstić information content (AvgIpc) is 3.05. The lowest BCUT2D eigenvalue weighted by Gasteiger charge is -2.35. The second-order valence-corrected chi connectivity index (χ2v) is 7.25. The number of hydrogen-bond acceptors (Lipinski definition) is 5. The van der Waals surface area contributed by atoms with Gasteiger partial charge in [-0.3, -0.25) is 14.5 Å². The predicted molar refractivity (Wildman–Crippen MR) is 100.0 cm³/mol. The van der Waals surface area contributed by atoms with Crippen LogP contribution in [0.4, 0.5) is 5.69 Å². The lowest BCUT2D eigenvalue weighted by atomic mass is 10.1. The first-order chi connectivity index (χ1) is 12.4. The number of nitrogens with one attached hydrogen (secondary N) is 2. The molecule has 2 aliphatic heterocycles. The highest BCUT2D eigenvalue weighted by atomic mass is 16.3. The highest BCUT2D eigenvalue weighted by molar-refractivity contribution is 5.93. The molecule has 0 aromatic heterocycles. The van der Waals surface area contributed by atoms with Crippen molar-refractivity contribution in [1.29, 1.82) is 0 Å². The number of carbonyl (C=O) groups excluding carboxylic acids is 2. The highest BCUT2D eigenvalue weighted by Crippen LogP contribution is 2.18. The molecule has 0 saturated carbocycles. The first-order valence-electron chi connectivity index (χ1n) is 9.22. The Morgan fingerprint density at radius 3 is 2.62 bits per heavy atom. The van der Waals surface area contributed by atoms with E-state index in [4.69, 9.17) is 0 Å². The summed E-state index contributed by atoms with van der Waals surface area (Å²) in [5.41, 5.74) is 3.10. The van der Waals surface area contributed by atoms with Gasteiger partial charge in [-0.2, -0.15) is 0 Å². The second kappa shape index (κ2) is 8.16. The molecule has 2 fully saturated rings. The Hall–Kier alpha value is -1.96. The van der Waals surface area contributed by atoms with Gasteiger partial charge in [0.1, 0.15) is 0 Å². The zero-order chi connectivity index (χ0) is 18.7. The standard InChI is InChI=1S/C19H28N4O3/c1-13-4-3-5-16(14(13)2)21-18(25)12-22-6-8-23(9-7-22)19(26)17-10-15(24)11-20-17/h3-5,15,17,20,24H,6-12H2,1-2H3,(H,21,25). The minimum Gasteiger partial charge on any atom is -0.392 e. The van der Waals surface area contributed by atoms with E-state index < -0.39 is 6.10 Å². The van der Waals surface area contributed by atoms with Crippen molar-refractivity contribution in [1.82, 2.24) is 15.1 Å². The Labute approximate surface area is 154 Å². The predicted octanol–water partition coefficient (Wildman–Crippen LogP) is 0.109. The van der Waals surface area contributed by atoms with E-state index in [1.807, 2.05) is 36.9 Å². The molecule has 2 heterocycles. The number of nitrogens with zero attached hydrogens (tertiary/aromatic N) is 2. The highest BCUT2D eigenvalue weighted by Gasteiger charge is 2.32. The number of aliphatic hydroxyl groups excluding tert-OH is 1. The summed E-state index contributed by atoms with van der Waals surface area (Å²) in [6, 6.07) is 5.61. The number of benzene rings is 1. The van der Waals surface area contributed by atoms with Crippen molar-refractivity contribution in [2.24, 2.45) is 0 Å². The van der Waals surface area contributed by atoms with E-state index in [2.05, 4.69) is 15.5 Å². The number of amides is 2. The molecule has 0 radical (unpaired) electrons. The van der Waals surface area contributed by atoms with Crippen LogP contribution in [0.15, 0.2) is 18.2 Å². The van der Waals surface area contributed by atoms with Crippen LogP contribution in [-0.2, 0) is 9.59 Å². The van der Waals surface area contributed by atoms with Crippen molar-refractivity contribution in [3.05, 3.63) is 29.3 Å². The van der Waals surface area contributed by atoms with Crippen molar-refractivity contribution in [3.63, 3.8) is 0 Å². The smallest absolute Gasteiger partial charge is 0.239 e. The van der Waals surface area contributed by atoms with E-state index >= 15 is 0 Å². The normalized spacial score (nSPS) is 23.9. The van der Waals surface area contributed by atoms with Crippen LogP contribution >= 0.6 is 0 Å². The minimum atomic E-state index is -0.431. The number of aliphatic hydroxyl groups is 1. The quantitative estimate of drug-likeness (QED) is 0.710. The van der Waals surface area contributed by atoms with Gasteiger partial charge in [0.05, 0.1) is 18.7 Å². The minimum absolute atomic E-state index is 0.0286. The molecule has 0 spiro atoms. The lowest BCUT2D eigenvalue weighted by molar-refractivity contribution is -0.135. The van der Waals surface area contributed by atoms with Gasteiger partial charge in [0.25, 0.3) is 0 Å². The Kier molecular flexibility index (Phi) is 5.90. The lowest BCUT2D eigenvalue weighted by Crippen LogP contribution is -2.54. The molecule has 1 aromatic carbocycles. The molecule has 2 saturated heterocycles. The Balaban J connectivity index is 1.45. The largest absolute Gasteiger partial charge is 0.392 e. The van der Waals surface area contributed by atoms with Gasteiger partial charge in [-0.25, -0.2) is 0 Å². The van der Waals surface area contributed by atoms with Crippen LogP contribution in [0.1, 0.15) is 17.5 Å². The molecule has 7 heteroatoms. The van der Waals surface area contributed by atoms with Gasteiger partial charge in [0.2, 0.25) is 11.8 Å². The second-order valence-electron chi connectivity index (χ2n) is 7.25. The van der Waals surface area contributed by atoms with Gasteiger partial charge < -0.3 is 20.6 Å². The van der Waals surface area contributed by atoms with E-state index in [-0.39, 0.29) is 17.9 Å². The van der Waals surface area contributed by atoms with Crippen LogP contribution in [0.2, 0.25) is 0 Å². The summed E-state index contributed by atoms with van der Waals surface area (Å²) in [5.74, 6) is 0.0279. The molecule has 3 rings (SSSR count). The molecule has 3 N–H and O–H groups in total. The van der Waals surface area contributed by atoms with Crippen molar-refractivity contribution in [3.8, 4) is 0 Å². The molecular weight excluding hydrogens is 332 g/mol. The number of β-amino-alcohol motifs (C(OH)–C–C–N with tert-alkyl or cyclic N) is 1. The van der Waals surface area contributed by atoms with Crippen molar-refractivity contribution < 1.29 is 14.7 Å². The number of piperazine rings is 1. The monoisotopic (exact) mass is 360 g/mol. The molecule has 26 heavy (non-hydrogen) atoms. The summed E-state index contributed by atoms with van der Waals surface area (Å²) in [5, 5.41) is 15.6. The molecule has 2 atom stereocenters. The first kappa shape index (κ1) is 18.8.